The number of nitrogens with zero attached hydrogens (tertiary/aromatic N) is 2. The number of Topliss-reactive ketones (excluding diaryl/α,β-unsaturated/α-hetero) is 1. The lowest BCUT2D eigenvalue weighted by molar-refractivity contribution is -0.132. The molecule has 32 heavy (non-hydrogen) atoms. The molecule has 1 aromatic rings. The average molecular weight is 442 g/mol. The van der Waals surface area contributed by atoms with Crippen molar-refractivity contribution < 1.29 is 23.7 Å². The van der Waals surface area contributed by atoms with Crippen molar-refractivity contribution in [3.05, 3.63) is 35.2 Å². The maximum absolute atomic E-state index is 12.8. The number of hydrogen-bond donors (Lipinski definition) is 1. The van der Waals surface area contributed by atoms with Gasteiger partial charge in [-0.3, -0.25) is 9.69 Å². The zero-order valence-electron chi connectivity index (χ0n) is 18.5. The van der Waals surface area contributed by atoms with Crippen LogP contribution in [0.15, 0.2) is 29.7 Å². The van der Waals surface area contributed by atoms with Gasteiger partial charge in [-0.05, 0) is 37.5 Å². The topological polar surface area (TPSA) is 107 Å². The van der Waals surface area contributed by atoms with Crippen molar-refractivity contribution in [1.82, 2.24) is 4.90 Å². The van der Waals surface area contributed by atoms with Crippen LogP contribution < -0.4 is 15.2 Å². The third kappa shape index (κ3) is 4.69. The Morgan fingerprint density at radius 3 is 2.81 bits per heavy atom. The van der Waals surface area contributed by atoms with Crippen LogP contribution in [0.1, 0.15) is 37.7 Å². The van der Waals surface area contributed by atoms with Crippen molar-refractivity contribution in [2.45, 2.75) is 38.2 Å². The summed E-state index contributed by atoms with van der Waals surface area (Å²) in [7, 11) is 0. The minimum absolute atomic E-state index is 0.121. The van der Waals surface area contributed by atoms with Gasteiger partial charge < -0.3 is 24.7 Å². The van der Waals surface area contributed by atoms with Crippen LogP contribution in [-0.4, -0.2) is 62.8 Å². The Bertz CT molecular complexity index is 903. The van der Waals surface area contributed by atoms with Gasteiger partial charge in [0.05, 0.1) is 31.3 Å². The van der Waals surface area contributed by atoms with Gasteiger partial charge in [-0.15, -0.1) is 0 Å². The Hall–Kier alpha value is -2.76. The number of allylic oxidation sites excluding steroid dienone is 1. The van der Waals surface area contributed by atoms with Crippen molar-refractivity contribution in [1.29, 1.82) is 5.26 Å². The lowest BCUT2D eigenvalue weighted by atomic mass is 9.70. The van der Waals surface area contributed by atoms with Crippen LogP contribution in [-0.2, 0) is 14.3 Å². The maximum atomic E-state index is 12.8. The lowest BCUT2D eigenvalue weighted by Crippen LogP contribution is -2.43. The second-order valence-electron chi connectivity index (χ2n) is 8.35. The molecule has 8 heteroatoms. The van der Waals surface area contributed by atoms with E-state index in [1.165, 1.54) is 0 Å². The van der Waals surface area contributed by atoms with Crippen LogP contribution in [0.25, 0.3) is 0 Å². The smallest absolute Gasteiger partial charge is 0.199 e. The molecule has 3 aliphatic rings. The van der Waals surface area contributed by atoms with Crippen LogP contribution in [0.5, 0.6) is 11.5 Å². The number of ketones is 1. The highest BCUT2D eigenvalue weighted by Gasteiger charge is 2.46. The molecule has 2 heterocycles. The van der Waals surface area contributed by atoms with Crippen LogP contribution >= 0.6 is 0 Å². The summed E-state index contributed by atoms with van der Waals surface area (Å²) in [6, 6.07) is 7.84. The molecule has 0 radical (unpaired) electrons. The summed E-state index contributed by atoms with van der Waals surface area (Å²) in [5, 5.41) is 9.79. The zero-order valence-corrected chi connectivity index (χ0v) is 18.5. The van der Waals surface area contributed by atoms with Crippen molar-refractivity contribution in [3.63, 3.8) is 0 Å². The summed E-state index contributed by atoms with van der Waals surface area (Å²) in [6.45, 7) is 7.06. The number of benzene rings is 1. The number of nitrogens with two attached hydrogens (primary N) is 1. The van der Waals surface area contributed by atoms with Gasteiger partial charge in [0.1, 0.15) is 24.6 Å². The Morgan fingerprint density at radius 2 is 2.06 bits per heavy atom. The quantitative estimate of drug-likeness (QED) is 0.687. The van der Waals surface area contributed by atoms with Crippen LogP contribution in [0.2, 0.25) is 0 Å². The molecule has 4 rings (SSSR count). The van der Waals surface area contributed by atoms with Crippen LogP contribution in [0, 0.1) is 17.2 Å². The molecule has 0 aromatic heterocycles. The molecule has 1 saturated carbocycles. The monoisotopic (exact) mass is 441 g/mol. The highest BCUT2D eigenvalue weighted by atomic mass is 16.5. The summed E-state index contributed by atoms with van der Waals surface area (Å²) in [6.07, 6.45) is 1.74. The van der Waals surface area contributed by atoms with Gasteiger partial charge in [0.2, 0.25) is 0 Å². The molecule has 1 aliphatic carbocycles. The minimum atomic E-state index is -0.437. The van der Waals surface area contributed by atoms with E-state index in [4.69, 9.17) is 24.7 Å². The van der Waals surface area contributed by atoms with E-state index < -0.39 is 11.8 Å². The van der Waals surface area contributed by atoms with E-state index in [0.717, 1.165) is 51.3 Å². The maximum Gasteiger partial charge on any atom is 0.199 e. The first kappa shape index (κ1) is 22.4. The van der Waals surface area contributed by atoms with E-state index in [1.807, 2.05) is 25.1 Å². The molecule has 2 aliphatic heterocycles. The van der Waals surface area contributed by atoms with E-state index in [-0.39, 0.29) is 17.8 Å². The van der Waals surface area contributed by atoms with Gasteiger partial charge in [0.15, 0.2) is 17.4 Å². The predicted octanol–water partition coefficient (Wildman–Crippen LogP) is 2.34. The molecule has 1 saturated heterocycles. The lowest BCUT2D eigenvalue weighted by Gasteiger charge is -2.40. The van der Waals surface area contributed by atoms with Crippen molar-refractivity contribution in [2.24, 2.45) is 11.7 Å². The molecule has 0 unspecified atom stereocenters. The summed E-state index contributed by atoms with van der Waals surface area (Å²) in [5.74, 6) is 0.654. The van der Waals surface area contributed by atoms with Gasteiger partial charge in [0.25, 0.3) is 0 Å². The molecule has 2 N–H and O–H groups in total. The van der Waals surface area contributed by atoms with Gasteiger partial charge in [-0.25, -0.2) is 0 Å². The van der Waals surface area contributed by atoms with E-state index in [9.17, 15) is 10.1 Å². The minimum Gasteiger partial charge on any atom is -0.490 e. The number of nitriles is 1. The summed E-state index contributed by atoms with van der Waals surface area (Å²) in [4.78, 5) is 15.1. The first-order valence-corrected chi connectivity index (χ1v) is 11.4. The van der Waals surface area contributed by atoms with Gasteiger partial charge in [0, 0.05) is 32.0 Å². The van der Waals surface area contributed by atoms with Crippen LogP contribution in [0.4, 0.5) is 0 Å². The van der Waals surface area contributed by atoms with Crippen molar-refractivity contribution in [3.8, 4) is 17.6 Å². The number of carbonyl (C=O) groups excluding carboxylic acids is 1. The molecule has 8 nitrogen and oxygen atoms in total. The van der Waals surface area contributed by atoms with Gasteiger partial charge >= 0.3 is 0 Å². The molecule has 0 bridgehead atoms. The molecule has 3 atom stereocenters. The molecular formula is C24H31N3O5. The van der Waals surface area contributed by atoms with E-state index in [1.54, 1.807) is 0 Å². The van der Waals surface area contributed by atoms with Crippen LogP contribution in [0.3, 0.4) is 0 Å². The fraction of sp³-hybridized carbons (Fsp3) is 0.583. The summed E-state index contributed by atoms with van der Waals surface area (Å²) >= 11 is 0. The fourth-order valence-electron chi connectivity index (χ4n) is 4.84. The van der Waals surface area contributed by atoms with Crippen molar-refractivity contribution in [2.75, 3.05) is 46.1 Å². The van der Waals surface area contributed by atoms with Gasteiger partial charge in [-0.2, -0.15) is 5.26 Å². The summed E-state index contributed by atoms with van der Waals surface area (Å²) in [5.41, 5.74) is 7.22. The Labute approximate surface area is 188 Å². The fourth-order valence-corrected chi connectivity index (χ4v) is 4.84. The van der Waals surface area contributed by atoms with E-state index in [0.29, 0.717) is 36.7 Å². The molecule has 172 valence electrons. The first-order chi connectivity index (χ1) is 15.6. The Morgan fingerprint density at radius 1 is 1.25 bits per heavy atom. The second kappa shape index (κ2) is 10.2. The molecule has 0 spiro atoms. The number of ether oxygens (including phenoxy) is 4. The standard InChI is InChI=1S/C24H31N3O5/c1-2-30-21-14-16(6-7-19(21)31-13-10-27-8-11-29-12-9-27)22-17(15-25)24(26)32-20-5-3-4-18(28)23(20)22/h6-7,14,20,22-23H,2-5,8-13,26H2,1H3/t20-,22-,23+/m1/s1. The third-order valence-electron chi connectivity index (χ3n) is 6.41. The highest BCUT2D eigenvalue weighted by Crippen LogP contribution is 2.46. The highest BCUT2D eigenvalue weighted by molar-refractivity contribution is 5.84. The molecular weight excluding hydrogens is 410 g/mol. The number of carbonyl (C=O) groups is 1. The zero-order chi connectivity index (χ0) is 22.5. The third-order valence-corrected chi connectivity index (χ3v) is 6.41. The largest absolute Gasteiger partial charge is 0.490 e. The Kier molecular flexibility index (Phi) is 7.18. The number of fused-ring (bicyclic) bond motifs is 1. The predicted molar refractivity (Wildman–Crippen MR) is 117 cm³/mol. The first-order valence-electron chi connectivity index (χ1n) is 11.4. The van der Waals surface area contributed by atoms with E-state index >= 15 is 0 Å². The van der Waals surface area contributed by atoms with Crippen molar-refractivity contribution >= 4 is 5.78 Å². The average Bonchev–Trinajstić information content (AvgIpc) is 2.80. The number of hydrogen-bond acceptors (Lipinski definition) is 8. The SMILES string of the molecule is CCOc1cc([C@@H]2C(C#N)=C(N)O[C@@H]3CCCC(=O)[C@@H]32)ccc1OCCN1CCOCC1. The van der Waals surface area contributed by atoms with E-state index in [2.05, 4.69) is 11.0 Å². The number of rotatable bonds is 7. The Balaban J connectivity index is 1.57. The number of morpholine rings is 1. The normalized spacial score (nSPS) is 26.1. The summed E-state index contributed by atoms with van der Waals surface area (Å²) < 4.78 is 23.1. The molecule has 1 aromatic carbocycles. The molecule has 2 fully saturated rings. The van der Waals surface area contributed by atoms with Gasteiger partial charge in [-0.1, -0.05) is 6.07 Å². The molecule has 0 amide bonds. The second-order valence-corrected chi connectivity index (χ2v) is 8.35.